The lowest BCUT2D eigenvalue weighted by atomic mass is 9.81. The normalized spacial score (nSPS) is 17.9. The zero-order valence-corrected chi connectivity index (χ0v) is 13.3. The Balaban J connectivity index is 2.19. The quantitative estimate of drug-likeness (QED) is 0.806. The SMILES string of the molecule is Cc1ccc(NC(=O)C2(C#N)CCCCCC2)c(Br)c1. The van der Waals surface area contributed by atoms with E-state index in [0.717, 1.165) is 41.4 Å². The van der Waals surface area contributed by atoms with Crippen LogP contribution in [0.5, 0.6) is 0 Å². The van der Waals surface area contributed by atoms with Gasteiger partial charge in [0, 0.05) is 4.47 Å². The highest BCUT2D eigenvalue weighted by molar-refractivity contribution is 9.10. The summed E-state index contributed by atoms with van der Waals surface area (Å²) in [6.45, 7) is 2.00. The zero-order valence-electron chi connectivity index (χ0n) is 11.7. The van der Waals surface area contributed by atoms with Crippen molar-refractivity contribution in [2.24, 2.45) is 5.41 Å². The molecule has 0 heterocycles. The van der Waals surface area contributed by atoms with Gasteiger partial charge in [-0.15, -0.1) is 0 Å². The first-order valence-corrected chi connectivity index (χ1v) is 7.85. The van der Waals surface area contributed by atoms with E-state index in [0.29, 0.717) is 12.8 Å². The molecule has 1 amide bonds. The first-order chi connectivity index (χ1) is 9.57. The summed E-state index contributed by atoms with van der Waals surface area (Å²) in [4.78, 5) is 12.6. The van der Waals surface area contributed by atoms with Crippen molar-refractivity contribution < 1.29 is 4.79 Å². The summed E-state index contributed by atoms with van der Waals surface area (Å²) in [5, 5.41) is 12.4. The van der Waals surface area contributed by atoms with Gasteiger partial charge >= 0.3 is 0 Å². The molecule has 1 aliphatic rings. The average Bonchev–Trinajstić information content (AvgIpc) is 2.68. The van der Waals surface area contributed by atoms with E-state index in [1.165, 1.54) is 0 Å². The topological polar surface area (TPSA) is 52.9 Å². The van der Waals surface area contributed by atoms with Gasteiger partial charge in [0.2, 0.25) is 5.91 Å². The molecule has 0 unspecified atom stereocenters. The number of anilines is 1. The summed E-state index contributed by atoms with van der Waals surface area (Å²) in [6.07, 6.45) is 5.47. The highest BCUT2D eigenvalue weighted by Gasteiger charge is 2.39. The average molecular weight is 335 g/mol. The zero-order chi connectivity index (χ0) is 14.6. The molecule has 1 N–H and O–H groups in total. The number of carbonyl (C=O) groups is 1. The predicted molar refractivity (Wildman–Crippen MR) is 83.3 cm³/mol. The van der Waals surface area contributed by atoms with Crippen LogP contribution in [0.15, 0.2) is 22.7 Å². The predicted octanol–water partition coefficient (Wildman–Crippen LogP) is 4.56. The van der Waals surface area contributed by atoms with Crippen molar-refractivity contribution >= 4 is 27.5 Å². The van der Waals surface area contributed by atoms with Crippen LogP contribution in [0.25, 0.3) is 0 Å². The minimum absolute atomic E-state index is 0.161. The van der Waals surface area contributed by atoms with E-state index in [2.05, 4.69) is 27.3 Å². The molecule has 1 fully saturated rings. The number of nitrogens with zero attached hydrogens (tertiary/aromatic N) is 1. The lowest BCUT2D eigenvalue weighted by molar-refractivity contribution is -0.123. The van der Waals surface area contributed by atoms with Crippen LogP contribution in [0, 0.1) is 23.7 Å². The summed E-state index contributed by atoms with van der Waals surface area (Å²) in [5.74, 6) is -0.161. The lowest BCUT2D eigenvalue weighted by Gasteiger charge is -2.24. The number of benzene rings is 1. The fraction of sp³-hybridized carbons (Fsp3) is 0.500. The second-order valence-corrected chi connectivity index (χ2v) is 6.40. The molecule has 0 saturated heterocycles. The van der Waals surface area contributed by atoms with Crippen LogP contribution < -0.4 is 5.32 Å². The number of hydrogen-bond donors (Lipinski definition) is 1. The number of rotatable bonds is 2. The van der Waals surface area contributed by atoms with Crippen LogP contribution in [-0.2, 0) is 4.79 Å². The molecule has 0 radical (unpaired) electrons. The standard InChI is InChI=1S/C16H19BrN2O/c1-12-6-7-14(13(17)10-12)19-15(20)16(11-18)8-4-2-3-5-9-16/h6-7,10H,2-5,8-9H2,1H3,(H,19,20). The molecule has 106 valence electrons. The smallest absolute Gasteiger partial charge is 0.244 e. The Labute approximate surface area is 128 Å². The van der Waals surface area contributed by atoms with E-state index >= 15 is 0 Å². The summed E-state index contributed by atoms with van der Waals surface area (Å²) in [5.41, 5.74) is 1.000. The van der Waals surface area contributed by atoms with Crippen molar-refractivity contribution in [2.75, 3.05) is 5.32 Å². The largest absolute Gasteiger partial charge is 0.324 e. The Morgan fingerprint density at radius 1 is 1.30 bits per heavy atom. The molecule has 1 saturated carbocycles. The van der Waals surface area contributed by atoms with E-state index in [1.807, 2.05) is 25.1 Å². The molecule has 3 nitrogen and oxygen atoms in total. The van der Waals surface area contributed by atoms with Gasteiger partial charge in [0.1, 0.15) is 5.41 Å². The van der Waals surface area contributed by atoms with Crippen LogP contribution in [0.2, 0.25) is 0 Å². The fourth-order valence-corrected chi connectivity index (χ4v) is 3.28. The third-order valence-corrected chi connectivity index (χ3v) is 4.63. The second kappa shape index (κ2) is 6.41. The van der Waals surface area contributed by atoms with Crippen LogP contribution >= 0.6 is 15.9 Å². The first kappa shape index (κ1) is 15.1. The van der Waals surface area contributed by atoms with Gasteiger partial charge in [0.25, 0.3) is 0 Å². The molecule has 0 spiro atoms. The minimum Gasteiger partial charge on any atom is -0.324 e. The minimum atomic E-state index is -0.860. The number of carbonyl (C=O) groups excluding carboxylic acids is 1. The van der Waals surface area contributed by atoms with Crippen LogP contribution in [-0.4, -0.2) is 5.91 Å². The molecule has 0 aromatic heterocycles. The molecule has 2 rings (SSSR count). The molecule has 0 aliphatic heterocycles. The number of nitrogens with one attached hydrogen (secondary N) is 1. The molecule has 1 aromatic rings. The first-order valence-electron chi connectivity index (χ1n) is 7.06. The third-order valence-electron chi connectivity index (χ3n) is 3.98. The highest BCUT2D eigenvalue weighted by atomic mass is 79.9. The number of aryl methyl sites for hydroxylation is 1. The molecule has 4 heteroatoms. The van der Waals surface area contributed by atoms with E-state index in [1.54, 1.807) is 0 Å². The molecular weight excluding hydrogens is 316 g/mol. The monoisotopic (exact) mass is 334 g/mol. The molecule has 20 heavy (non-hydrogen) atoms. The maximum absolute atomic E-state index is 12.6. The number of halogens is 1. The van der Waals surface area contributed by atoms with Crippen molar-refractivity contribution in [3.63, 3.8) is 0 Å². The van der Waals surface area contributed by atoms with Gasteiger partial charge in [-0.25, -0.2) is 0 Å². The lowest BCUT2D eigenvalue weighted by Crippen LogP contribution is -2.34. The molecular formula is C16H19BrN2O. The third kappa shape index (κ3) is 3.21. The highest BCUT2D eigenvalue weighted by Crippen LogP contribution is 2.36. The summed E-state index contributed by atoms with van der Waals surface area (Å²) in [7, 11) is 0. The van der Waals surface area contributed by atoms with Gasteiger partial charge in [-0.2, -0.15) is 5.26 Å². The van der Waals surface area contributed by atoms with Gasteiger partial charge in [-0.1, -0.05) is 31.7 Å². The van der Waals surface area contributed by atoms with E-state index in [9.17, 15) is 10.1 Å². The number of nitriles is 1. The Morgan fingerprint density at radius 3 is 2.50 bits per heavy atom. The number of hydrogen-bond acceptors (Lipinski definition) is 2. The van der Waals surface area contributed by atoms with Gasteiger partial charge in [0.05, 0.1) is 11.8 Å². The van der Waals surface area contributed by atoms with Gasteiger partial charge in [-0.05, 0) is 53.4 Å². The summed E-state index contributed by atoms with van der Waals surface area (Å²) >= 11 is 3.46. The van der Waals surface area contributed by atoms with Crippen molar-refractivity contribution in [2.45, 2.75) is 45.4 Å². The van der Waals surface area contributed by atoms with Crippen LogP contribution in [0.4, 0.5) is 5.69 Å². The second-order valence-electron chi connectivity index (χ2n) is 5.55. The van der Waals surface area contributed by atoms with Crippen LogP contribution in [0.3, 0.4) is 0 Å². The van der Waals surface area contributed by atoms with Crippen LogP contribution in [0.1, 0.15) is 44.1 Å². The van der Waals surface area contributed by atoms with E-state index < -0.39 is 5.41 Å². The van der Waals surface area contributed by atoms with Crippen molar-refractivity contribution in [1.29, 1.82) is 5.26 Å². The molecule has 0 atom stereocenters. The van der Waals surface area contributed by atoms with Gasteiger partial charge in [0.15, 0.2) is 0 Å². The Hall–Kier alpha value is -1.34. The Morgan fingerprint density at radius 2 is 1.95 bits per heavy atom. The Kier molecular flexibility index (Phi) is 4.82. The van der Waals surface area contributed by atoms with Crippen molar-refractivity contribution in [1.82, 2.24) is 0 Å². The van der Waals surface area contributed by atoms with Gasteiger partial charge < -0.3 is 5.32 Å². The molecule has 0 bridgehead atoms. The van der Waals surface area contributed by atoms with E-state index in [4.69, 9.17) is 0 Å². The molecule has 1 aromatic carbocycles. The maximum atomic E-state index is 12.6. The molecule has 1 aliphatic carbocycles. The Bertz CT molecular complexity index is 540. The van der Waals surface area contributed by atoms with Gasteiger partial charge in [-0.3, -0.25) is 4.79 Å². The maximum Gasteiger partial charge on any atom is 0.244 e. The van der Waals surface area contributed by atoms with Crippen molar-refractivity contribution in [3.8, 4) is 6.07 Å². The van der Waals surface area contributed by atoms with E-state index in [-0.39, 0.29) is 5.91 Å². The number of amides is 1. The summed E-state index contributed by atoms with van der Waals surface area (Å²) < 4.78 is 0.854. The van der Waals surface area contributed by atoms with Crippen molar-refractivity contribution in [3.05, 3.63) is 28.2 Å². The summed E-state index contributed by atoms with van der Waals surface area (Å²) in [6, 6.07) is 8.07. The fourth-order valence-electron chi connectivity index (χ4n) is 2.69.